The summed E-state index contributed by atoms with van der Waals surface area (Å²) in [5, 5.41) is 0. The van der Waals surface area contributed by atoms with Gasteiger partial charge in [0.2, 0.25) is 0 Å². The summed E-state index contributed by atoms with van der Waals surface area (Å²) in [5.41, 5.74) is 2.36. The van der Waals surface area contributed by atoms with Crippen molar-refractivity contribution in [3.63, 3.8) is 0 Å². The highest BCUT2D eigenvalue weighted by Crippen LogP contribution is 2.42. The van der Waals surface area contributed by atoms with E-state index in [-0.39, 0.29) is 10.6 Å². The van der Waals surface area contributed by atoms with E-state index in [4.69, 9.17) is 0 Å². The Labute approximate surface area is 129 Å². The SMILES string of the molecule is Cc1cccc(C(Br)c2cc(Br)sc2Br)c1F. The maximum Gasteiger partial charge on any atom is 0.130 e. The summed E-state index contributed by atoms with van der Waals surface area (Å²) in [7, 11) is 0. The molecule has 0 aliphatic carbocycles. The number of hydrogen-bond donors (Lipinski definition) is 0. The molecule has 2 aromatic rings. The zero-order valence-electron chi connectivity index (χ0n) is 8.81. The number of alkyl halides is 1. The van der Waals surface area contributed by atoms with Crippen LogP contribution in [0.4, 0.5) is 4.39 Å². The smallest absolute Gasteiger partial charge is 0.130 e. The van der Waals surface area contributed by atoms with Crippen LogP contribution in [0.2, 0.25) is 0 Å². The first-order chi connectivity index (χ1) is 8.00. The molecule has 0 N–H and O–H groups in total. The molecule has 1 aromatic heterocycles. The van der Waals surface area contributed by atoms with Gasteiger partial charge in [0.25, 0.3) is 0 Å². The van der Waals surface area contributed by atoms with Gasteiger partial charge in [-0.1, -0.05) is 34.1 Å². The van der Waals surface area contributed by atoms with Gasteiger partial charge in [-0.05, 0) is 56.0 Å². The summed E-state index contributed by atoms with van der Waals surface area (Å²) >= 11 is 12.1. The molecule has 0 nitrogen and oxygen atoms in total. The lowest BCUT2D eigenvalue weighted by Gasteiger charge is -2.12. The first-order valence-corrected chi connectivity index (χ1v) is 8.16. The van der Waals surface area contributed by atoms with Crippen LogP contribution in [0.15, 0.2) is 31.8 Å². The summed E-state index contributed by atoms with van der Waals surface area (Å²) < 4.78 is 16.1. The minimum absolute atomic E-state index is 0.140. The number of halogens is 4. The molecule has 0 bridgehead atoms. The highest BCUT2D eigenvalue weighted by atomic mass is 79.9. The number of aryl methyl sites for hydroxylation is 1. The topological polar surface area (TPSA) is 0 Å². The third-order valence-electron chi connectivity index (χ3n) is 2.45. The Kier molecular flexibility index (Phi) is 4.45. The van der Waals surface area contributed by atoms with Crippen molar-refractivity contribution in [2.45, 2.75) is 11.8 Å². The maximum atomic E-state index is 14.0. The van der Waals surface area contributed by atoms with Gasteiger partial charge >= 0.3 is 0 Å². The molecule has 0 fully saturated rings. The molecule has 0 saturated carbocycles. The summed E-state index contributed by atoms with van der Waals surface area (Å²) in [6.45, 7) is 1.77. The van der Waals surface area contributed by atoms with E-state index >= 15 is 0 Å². The Morgan fingerprint density at radius 3 is 2.53 bits per heavy atom. The van der Waals surface area contributed by atoms with E-state index in [9.17, 15) is 4.39 Å². The van der Waals surface area contributed by atoms with Gasteiger partial charge in [0.1, 0.15) is 5.82 Å². The van der Waals surface area contributed by atoms with E-state index in [1.807, 2.05) is 12.1 Å². The Morgan fingerprint density at radius 2 is 1.94 bits per heavy atom. The van der Waals surface area contributed by atoms with Crippen LogP contribution in [0.3, 0.4) is 0 Å². The first-order valence-electron chi connectivity index (χ1n) is 4.84. The molecule has 17 heavy (non-hydrogen) atoms. The van der Waals surface area contributed by atoms with Crippen molar-refractivity contribution in [3.8, 4) is 0 Å². The van der Waals surface area contributed by atoms with E-state index in [0.29, 0.717) is 11.1 Å². The molecule has 1 atom stereocenters. The molecule has 1 aromatic carbocycles. The molecule has 0 aliphatic rings. The predicted octanol–water partition coefficient (Wildman–Crippen LogP) is 6.20. The van der Waals surface area contributed by atoms with Crippen molar-refractivity contribution in [3.05, 3.63) is 54.3 Å². The normalized spacial score (nSPS) is 12.8. The second-order valence-corrected chi connectivity index (χ2v) is 8.29. The Bertz CT molecular complexity index is 551. The molecule has 0 saturated heterocycles. The third-order valence-corrected chi connectivity index (χ3v) is 5.82. The van der Waals surface area contributed by atoms with Gasteiger partial charge in [-0.15, -0.1) is 11.3 Å². The molecule has 0 spiro atoms. The fraction of sp³-hybridized carbons (Fsp3) is 0.167. The second-order valence-electron chi connectivity index (χ2n) is 3.62. The van der Waals surface area contributed by atoms with Crippen molar-refractivity contribution in [2.75, 3.05) is 0 Å². The van der Waals surface area contributed by atoms with Crippen LogP contribution in [-0.2, 0) is 0 Å². The van der Waals surface area contributed by atoms with Crippen LogP contribution >= 0.6 is 59.1 Å². The van der Waals surface area contributed by atoms with E-state index in [1.54, 1.807) is 30.4 Å². The Hall–Kier alpha value is 0.290. The van der Waals surface area contributed by atoms with E-state index in [2.05, 4.69) is 47.8 Å². The van der Waals surface area contributed by atoms with Crippen molar-refractivity contribution in [1.29, 1.82) is 0 Å². The van der Waals surface area contributed by atoms with Crippen LogP contribution in [0.1, 0.15) is 21.5 Å². The number of benzene rings is 1. The van der Waals surface area contributed by atoms with Crippen LogP contribution in [0.5, 0.6) is 0 Å². The summed E-state index contributed by atoms with van der Waals surface area (Å²) in [6, 6.07) is 7.45. The van der Waals surface area contributed by atoms with Crippen molar-refractivity contribution >= 4 is 59.1 Å². The maximum absolute atomic E-state index is 14.0. The summed E-state index contributed by atoms with van der Waals surface area (Å²) in [4.78, 5) is -0.140. The summed E-state index contributed by atoms with van der Waals surface area (Å²) in [5.74, 6) is -0.149. The molecule has 0 radical (unpaired) electrons. The van der Waals surface area contributed by atoms with E-state index < -0.39 is 0 Å². The molecule has 5 heteroatoms. The summed E-state index contributed by atoms with van der Waals surface area (Å²) in [6.07, 6.45) is 0. The van der Waals surface area contributed by atoms with Crippen LogP contribution in [0, 0.1) is 12.7 Å². The molecule has 2 rings (SSSR count). The fourth-order valence-corrected chi connectivity index (χ4v) is 5.63. The fourth-order valence-electron chi connectivity index (χ4n) is 1.56. The molecule has 1 heterocycles. The van der Waals surface area contributed by atoms with E-state index in [1.165, 1.54) is 0 Å². The predicted molar refractivity (Wildman–Crippen MR) is 81.6 cm³/mol. The van der Waals surface area contributed by atoms with Gasteiger partial charge < -0.3 is 0 Å². The lowest BCUT2D eigenvalue weighted by Crippen LogP contribution is -1.97. The highest BCUT2D eigenvalue weighted by molar-refractivity contribution is 9.12. The third kappa shape index (κ3) is 2.83. The molecule has 1 unspecified atom stereocenters. The average molecular weight is 443 g/mol. The van der Waals surface area contributed by atoms with Crippen LogP contribution in [0.25, 0.3) is 0 Å². The average Bonchev–Trinajstić information content (AvgIpc) is 2.61. The van der Waals surface area contributed by atoms with Gasteiger partial charge in [-0.25, -0.2) is 4.39 Å². The molecule has 0 amide bonds. The largest absolute Gasteiger partial charge is 0.206 e. The lowest BCUT2D eigenvalue weighted by atomic mass is 10.0. The number of hydrogen-bond acceptors (Lipinski definition) is 1. The van der Waals surface area contributed by atoms with Gasteiger partial charge in [-0.3, -0.25) is 0 Å². The number of rotatable bonds is 2. The van der Waals surface area contributed by atoms with Crippen molar-refractivity contribution in [2.24, 2.45) is 0 Å². The van der Waals surface area contributed by atoms with Gasteiger partial charge in [0, 0.05) is 5.56 Å². The molecule has 0 aliphatic heterocycles. The van der Waals surface area contributed by atoms with Gasteiger partial charge in [0.15, 0.2) is 0 Å². The second kappa shape index (κ2) is 5.51. The zero-order chi connectivity index (χ0) is 12.6. The molecular formula is C12H8Br3FS. The quantitative estimate of drug-likeness (QED) is 0.485. The first kappa shape index (κ1) is 13.7. The minimum atomic E-state index is -0.149. The van der Waals surface area contributed by atoms with Crippen molar-refractivity contribution < 1.29 is 4.39 Å². The monoisotopic (exact) mass is 440 g/mol. The Morgan fingerprint density at radius 1 is 1.24 bits per heavy atom. The Balaban J connectivity index is 2.47. The van der Waals surface area contributed by atoms with Crippen LogP contribution in [-0.4, -0.2) is 0 Å². The number of thiophene rings is 1. The highest BCUT2D eigenvalue weighted by Gasteiger charge is 2.20. The zero-order valence-corrected chi connectivity index (χ0v) is 14.4. The van der Waals surface area contributed by atoms with Gasteiger partial charge in [0.05, 0.1) is 12.4 Å². The van der Waals surface area contributed by atoms with Crippen molar-refractivity contribution in [1.82, 2.24) is 0 Å². The van der Waals surface area contributed by atoms with Crippen LogP contribution < -0.4 is 0 Å². The standard InChI is InChI=1S/C12H8Br3FS/c1-6-3-2-4-7(11(6)16)10(14)8-5-9(13)17-12(8)15/h2-5,10H,1H3. The van der Waals surface area contributed by atoms with Gasteiger partial charge in [-0.2, -0.15) is 0 Å². The van der Waals surface area contributed by atoms with E-state index in [0.717, 1.165) is 13.1 Å². The molecular weight excluding hydrogens is 435 g/mol. The lowest BCUT2D eigenvalue weighted by molar-refractivity contribution is 0.604. The molecule has 90 valence electrons. The minimum Gasteiger partial charge on any atom is -0.206 e.